The van der Waals surface area contributed by atoms with Crippen LogP contribution in [0, 0.1) is 5.92 Å². The van der Waals surface area contributed by atoms with Gasteiger partial charge in [0.2, 0.25) is 0 Å². The highest BCUT2D eigenvalue weighted by atomic mass is 35.5. The molecule has 0 bridgehead atoms. The van der Waals surface area contributed by atoms with Crippen molar-refractivity contribution in [3.05, 3.63) is 29.3 Å². The Kier molecular flexibility index (Phi) is 3.93. The highest BCUT2D eigenvalue weighted by Crippen LogP contribution is 2.38. The summed E-state index contributed by atoms with van der Waals surface area (Å²) in [5, 5.41) is 0.802. The molecule has 1 unspecified atom stereocenters. The molecule has 1 aliphatic heterocycles. The average molecular weight is 294 g/mol. The van der Waals surface area contributed by atoms with Crippen LogP contribution in [-0.4, -0.2) is 43.2 Å². The second-order valence-corrected chi connectivity index (χ2v) is 6.96. The molecular weight excluding hydrogens is 270 g/mol. The zero-order valence-corrected chi connectivity index (χ0v) is 12.9. The molecule has 20 heavy (non-hydrogen) atoms. The van der Waals surface area contributed by atoms with Crippen molar-refractivity contribution in [2.75, 3.05) is 37.6 Å². The van der Waals surface area contributed by atoms with Crippen LogP contribution in [0.1, 0.15) is 19.8 Å². The monoisotopic (exact) mass is 293 g/mol. The predicted molar refractivity (Wildman–Crippen MR) is 85.4 cm³/mol. The summed E-state index contributed by atoms with van der Waals surface area (Å²) in [6, 6.07) is 8.14. The summed E-state index contributed by atoms with van der Waals surface area (Å²) in [7, 11) is 0. The Morgan fingerprint density at radius 1 is 1.15 bits per heavy atom. The van der Waals surface area contributed by atoms with Crippen LogP contribution >= 0.6 is 11.6 Å². The Bertz CT molecular complexity index is 445. The normalized spacial score (nSPS) is 23.6. The van der Waals surface area contributed by atoms with E-state index in [1.165, 1.54) is 18.5 Å². The van der Waals surface area contributed by atoms with Gasteiger partial charge in [-0.05, 0) is 49.9 Å². The highest BCUT2D eigenvalue weighted by molar-refractivity contribution is 6.30. The van der Waals surface area contributed by atoms with Crippen LogP contribution < -0.4 is 10.6 Å². The van der Waals surface area contributed by atoms with Gasteiger partial charge in [0.05, 0.1) is 0 Å². The van der Waals surface area contributed by atoms with Crippen LogP contribution in [0.3, 0.4) is 0 Å². The van der Waals surface area contributed by atoms with Gasteiger partial charge in [-0.15, -0.1) is 0 Å². The first-order valence-corrected chi connectivity index (χ1v) is 7.94. The van der Waals surface area contributed by atoms with E-state index in [4.69, 9.17) is 17.3 Å². The van der Waals surface area contributed by atoms with E-state index in [1.54, 1.807) is 0 Å². The summed E-state index contributed by atoms with van der Waals surface area (Å²) in [6.07, 6.45) is 2.63. The van der Waals surface area contributed by atoms with E-state index in [2.05, 4.69) is 28.9 Å². The smallest absolute Gasteiger partial charge is 0.0407 e. The fourth-order valence-electron chi connectivity index (χ4n) is 3.17. The Hall–Kier alpha value is -0.770. The first-order valence-electron chi connectivity index (χ1n) is 7.56. The zero-order chi connectivity index (χ0) is 14.2. The zero-order valence-electron chi connectivity index (χ0n) is 12.2. The molecule has 1 saturated heterocycles. The topological polar surface area (TPSA) is 32.5 Å². The molecule has 2 aliphatic rings. The van der Waals surface area contributed by atoms with Gasteiger partial charge >= 0.3 is 0 Å². The molecule has 2 N–H and O–H groups in total. The molecule has 1 heterocycles. The van der Waals surface area contributed by atoms with Crippen molar-refractivity contribution in [3.8, 4) is 0 Å². The van der Waals surface area contributed by atoms with Crippen molar-refractivity contribution >= 4 is 17.3 Å². The SMILES string of the molecule is CC(N)(CN1CCN(c2ccc(Cl)cc2)CC1)C1CC1. The summed E-state index contributed by atoms with van der Waals surface area (Å²) >= 11 is 5.94. The molecule has 1 aromatic carbocycles. The summed E-state index contributed by atoms with van der Waals surface area (Å²) in [5.74, 6) is 0.747. The van der Waals surface area contributed by atoms with Gasteiger partial charge in [-0.2, -0.15) is 0 Å². The van der Waals surface area contributed by atoms with Crippen LogP contribution in [0.4, 0.5) is 5.69 Å². The number of hydrogen-bond donors (Lipinski definition) is 1. The van der Waals surface area contributed by atoms with Crippen LogP contribution in [0.2, 0.25) is 5.02 Å². The third kappa shape index (κ3) is 3.27. The van der Waals surface area contributed by atoms with Gasteiger partial charge < -0.3 is 10.6 Å². The molecule has 0 radical (unpaired) electrons. The van der Waals surface area contributed by atoms with Crippen LogP contribution in [0.5, 0.6) is 0 Å². The van der Waals surface area contributed by atoms with Gasteiger partial charge in [-0.1, -0.05) is 11.6 Å². The number of halogens is 1. The van der Waals surface area contributed by atoms with E-state index in [0.29, 0.717) is 0 Å². The molecule has 0 amide bonds. The van der Waals surface area contributed by atoms with E-state index in [1.807, 2.05) is 12.1 Å². The number of nitrogens with zero attached hydrogens (tertiary/aromatic N) is 2. The maximum Gasteiger partial charge on any atom is 0.0407 e. The number of rotatable bonds is 4. The summed E-state index contributed by atoms with van der Waals surface area (Å²) in [4.78, 5) is 4.95. The van der Waals surface area contributed by atoms with Gasteiger partial charge in [0, 0.05) is 49.0 Å². The van der Waals surface area contributed by atoms with E-state index in [0.717, 1.165) is 43.7 Å². The largest absolute Gasteiger partial charge is 0.369 e. The molecule has 2 fully saturated rings. The van der Waals surface area contributed by atoms with Gasteiger partial charge in [0.1, 0.15) is 0 Å². The maximum absolute atomic E-state index is 6.45. The van der Waals surface area contributed by atoms with Crippen molar-refractivity contribution in [1.29, 1.82) is 0 Å². The van der Waals surface area contributed by atoms with E-state index in [9.17, 15) is 0 Å². The quantitative estimate of drug-likeness (QED) is 0.926. The fraction of sp³-hybridized carbons (Fsp3) is 0.625. The second kappa shape index (κ2) is 5.55. The van der Waals surface area contributed by atoms with Gasteiger partial charge in [-0.25, -0.2) is 0 Å². The number of piperazine rings is 1. The van der Waals surface area contributed by atoms with E-state index < -0.39 is 0 Å². The molecule has 1 aromatic rings. The maximum atomic E-state index is 6.45. The van der Waals surface area contributed by atoms with E-state index in [-0.39, 0.29) is 5.54 Å². The first-order chi connectivity index (χ1) is 9.54. The van der Waals surface area contributed by atoms with Crippen LogP contribution in [-0.2, 0) is 0 Å². The summed E-state index contributed by atoms with van der Waals surface area (Å²) in [5.41, 5.74) is 7.72. The Morgan fingerprint density at radius 3 is 2.30 bits per heavy atom. The Balaban J connectivity index is 1.53. The second-order valence-electron chi connectivity index (χ2n) is 6.52. The third-order valence-electron chi connectivity index (χ3n) is 4.64. The van der Waals surface area contributed by atoms with Crippen molar-refractivity contribution in [2.45, 2.75) is 25.3 Å². The molecule has 0 spiro atoms. The molecule has 110 valence electrons. The number of benzene rings is 1. The summed E-state index contributed by atoms with van der Waals surface area (Å²) < 4.78 is 0. The Labute approximate surface area is 126 Å². The lowest BCUT2D eigenvalue weighted by molar-refractivity contribution is 0.193. The van der Waals surface area contributed by atoms with Crippen molar-refractivity contribution in [1.82, 2.24) is 4.90 Å². The predicted octanol–water partition coefficient (Wildman–Crippen LogP) is 2.59. The molecule has 1 saturated carbocycles. The minimum Gasteiger partial charge on any atom is -0.369 e. The van der Waals surface area contributed by atoms with Gasteiger partial charge in [-0.3, -0.25) is 4.90 Å². The molecule has 3 rings (SSSR count). The van der Waals surface area contributed by atoms with Gasteiger partial charge in [0.15, 0.2) is 0 Å². The molecule has 4 heteroatoms. The van der Waals surface area contributed by atoms with E-state index >= 15 is 0 Å². The number of nitrogens with two attached hydrogens (primary N) is 1. The fourth-order valence-corrected chi connectivity index (χ4v) is 3.30. The van der Waals surface area contributed by atoms with Crippen LogP contribution in [0.25, 0.3) is 0 Å². The standard InChI is InChI=1S/C16H24ClN3/c1-16(18,13-2-3-13)12-19-8-10-20(11-9-19)15-6-4-14(17)5-7-15/h4-7,13H,2-3,8-12,18H2,1H3. The lowest BCUT2D eigenvalue weighted by atomic mass is 9.96. The Morgan fingerprint density at radius 2 is 1.75 bits per heavy atom. The average Bonchev–Trinajstić information content (AvgIpc) is 3.25. The van der Waals surface area contributed by atoms with Crippen LogP contribution in [0.15, 0.2) is 24.3 Å². The molecular formula is C16H24ClN3. The minimum absolute atomic E-state index is 0.00242. The van der Waals surface area contributed by atoms with Crippen molar-refractivity contribution in [3.63, 3.8) is 0 Å². The first kappa shape index (κ1) is 14.2. The molecule has 0 aromatic heterocycles. The highest BCUT2D eigenvalue weighted by Gasteiger charge is 2.39. The lowest BCUT2D eigenvalue weighted by Crippen LogP contribution is -2.55. The van der Waals surface area contributed by atoms with Crippen molar-refractivity contribution < 1.29 is 0 Å². The third-order valence-corrected chi connectivity index (χ3v) is 4.89. The van der Waals surface area contributed by atoms with Crippen molar-refractivity contribution in [2.24, 2.45) is 11.7 Å². The van der Waals surface area contributed by atoms with Gasteiger partial charge in [0.25, 0.3) is 0 Å². The minimum atomic E-state index is 0.00242. The molecule has 1 aliphatic carbocycles. The lowest BCUT2D eigenvalue weighted by Gasteiger charge is -2.40. The number of anilines is 1. The molecule has 1 atom stereocenters. The number of hydrogen-bond acceptors (Lipinski definition) is 3. The summed E-state index contributed by atoms with van der Waals surface area (Å²) in [6.45, 7) is 7.59. The molecule has 3 nitrogen and oxygen atoms in total.